The van der Waals surface area contributed by atoms with Gasteiger partial charge >= 0.3 is 5.97 Å². The Hall–Kier alpha value is -1.73. The third kappa shape index (κ3) is 3.30. The van der Waals surface area contributed by atoms with E-state index in [0.717, 1.165) is 16.9 Å². The first-order valence-corrected chi connectivity index (χ1v) is 10.7. The second-order valence-corrected chi connectivity index (χ2v) is 8.06. The van der Waals surface area contributed by atoms with Crippen LogP contribution in [0.1, 0.15) is 38.8 Å². The number of aliphatic imine (C=N–C) groups is 1. The van der Waals surface area contributed by atoms with Gasteiger partial charge in [-0.15, -0.1) is 11.8 Å². The number of thioether (sulfide) groups is 2. The Bertz CT molecular complexity index is 786. The summed E-state index contributed by atoms with van der Waals surface area (Å²) in [6.45, 7) is 5.86. The second kappa shape index (κ2) is 7.88. The van der Waals surface area contributed by atoms with Crippen molar-refractivity contribution < 1.29 is 14.3 Å². The minimum atomic E-state index is -0.492. The van der Waals surface area contributed by atoms with Crippen molar-refractivity contribution in [2.45, 2.75) is 43.4 Å². The van der Waals surface area contributed by atoms with Gasteiger partial charge in [0.1, 0.15) is 0 Å². The van der Waals surface area contributed by atoms with Crippen LogP contribution in [0.3, 0.4) is 0 Å². The van der Waals surface area contributed by atoms with Crippen LogP contribution in [-0.2, 0) is 14.3 Å². The molecule has 1 amide bonds. The summed E-state index contributed by atoms with van der Waals surface area (Å²) in [5.74, 6) is -0.408. The predicted molar refractivity (Wildman–Crippen MR) is 106 cm³/mol. The van der Waals surface area contributed by atoms with Crippen molar-refractivity contribution >= 4 is 40.6 Å². The van der Waals surface area contributed by atoms with Crippen molar-refractivity contribution in [2.75, 3.05) is 12.9 Å². The highest BCUT2D eigenvalue weighted by atomic mass is 32.2. The average Bonchev–Trinajstić information content (AvgIpc) is 2.96. The number of nitrogens with zero attached hydrogens (tertiary/aromatic N) is 2. The van der Waals surface area contributed by atoms with Gasteiger partial charge in [0.2, 0.25) is 5.91 Å². The fourth-order valence-corrected chi connectivity index (χ4v) is 4.70. The minimum absolute atomic E-state index is 0.00416. The third-order valence-electron chi connectivity index (χ3n) is 4.45. The first-order valence-electron chi connectivity index (χ1n) is 8.62. The van der Waals surface area contributed by atoms with Gasteiger partial charge in [-0.05, 0) is 44.2 Å². The van der Waals surface area contributed by atoms with Crippen LogP contribution in [0.4, 0.5) is 0 Å². The Morgan fingerprint density at radius 1 is 1.31 bits per heavy atom. The lowest BCUT2D eigenvalue weighted by molar-refractivity contribution is -0.139. The van der Waals surface area contributed by atoms with Crippen LogP contribution in [0.25, 0.3) is 0 Å². The maximum absolute atomic E-state index is 13.0. The Morgan fingerprint density at radius 3 is 2.58 bits per heavy atom. The number of carbonyl (C=O) groups excluding carboxylic acids is 2. The van der Waals surface area contributed by atoms with E-state index in [1.807, 2.05) is 44.4 Å². The lowest BCUT2D eigenvalue weighted by Gasteiger charge is -2.33. The zero-order valence-electron chi connectivity index (χ0n) is 15.3. The van der Waals surface area contributed by atoms with Crippen LogP contribution in [-0.4, -0.2) is 40.1 Å². The monoisotopic (exact) mass is 390 g/mol. The molecular weight excluding hydrogens is 368 g/mol. The number of benzene rings is 1. The molecule has 138 valence electrons. The van der Waals surface area contributed by atoms with Crippen molar-refractivity contribution in [3.63, 3.8) is 0 Å². The molecule has 2 atom stereocenters. The quantitative estimate of drug-likeness (QED) is 0.562. The summed E-state index contributed by atoms with van der Waals surface area (Å²) in [4.78, 5) is 33.0. The molecule has 1 saturated heterocycles. The second-order valence-electron chi connectivity index (χ2n) is 6.01. The van der Waals surface area contributed by atoms with Gasteiger partial charge < -0.3 is 4.74 Å². The molecule has 7 heteroatoms. The molecule has 2 aliphatic heterocycles. The molecule has 2 aliphatic rings. The number of carbonyl (C=O) groups is 2. The highest BCUT2D eigenvalue weighted by Gasteiger charge is 2.47. The Morgan fingerprint density at radius 2 is 2.00 bits per heavy atom. The van der Waals surface area contributed by atoms with Gasteiger partial charge in [-0.3, -0.25) is 9.69 Å². The van der Waals surface area contributed by atoms with E-state index in [0.29, 0.717) is 16.4 Å². The molecule has 26 heavy (non-hydrogen) atoms. The van der Waals surface area contributed by atoms with E-state index in [9.17, 15) is 9.59 Å². The van der Waals surface area contributed by atoms with Gasteiger partial charge in [0, 0.05) is 4.90 Å². The zero-order valence-corrected chi connectivity index (χ0v) is 16.9. The highest BCUT2D eigenvalue weighted by Crippen LogP contribution is 2.44. The smallest absolute Gasteiger partial charge is 0.338 e. The number of amidine groups is 1. The molecule has 0 bridgehead atoms. The molecule has 0 aliphatic carbocycles. The molecule has 0 radical (unpaired) electrons. The van der Waals surface area contributed by atoms with Crippen LogP contribution < -0.4 is 0 Å². The Balaban J connectivity index is 2.11. The van der Waals surface area contributed by atoms with Gasteiger partial charge in [-0.2, -0.15) is 0 Å². The topological polar surface area (TPSA) is 59.0 Å². The first kappa shape index (κ1) is 19.0. The molecule has 0 spiro atoms. The number of allylic oxidation sites excluding steroid dienone is 1. The number of hydrogen-bond donors (Lipinski definition) is 0. The van der Waals surface area contributed by atoms with Gasteiger partial charge in [0.25, 0.3) is 0 Å². The number of ether oxygens (including phenoxy) is 1. The normalized spacial score (nSPS) is 22.4. The first-order chi connectivity index (χ1) is 12.5. The molecule has 2 heterocycles. The molecule has 5 nitrogen and oxygen atoms in total. The van der Waals surface area contributed by atoms with Crippen LogP contribution in [0.2, 0.25) is 0 Å². The average molecular weight is 391 g/mol. The van der Waals surface area contributed by atoms with E-state index in [2.05, 4.69) is 4.99 Å². The number of hydrogen-bond acceptors (Lipinski definition) is 6. The zero-order chi connectivity index (χ0) is 18.8. The SMILES string of the molecule is CCOC(=O)C1=C(C)N=C2S[C@H](CC)C(=O)N2[C@@H]1c1ccc(SC)cc1. The summed E-state index contributed by atoms with van der Waals surface area (Å²) >= 11 is 3.13. The van der Waals surface area contributed by atoms with E-state index in [4.69, 9.17) is 4.74 Å². The van der Waals surface area contributed by atoms with Crippen LogP contribution in [0, 0.1) is 0 Å². The fourth-order valence-electron chi connectivity index (χ4n) is 3.16. The van der Waals surface area contributed by atoms with Crippen molar-refractivity contribution in [1.29, 1.82) is 0 Å². The number of rotatable bonds is 5. The molecule has 1 aromatic carbocycles. The molecule has 0 saturated carbocycles. The van der Waals surface area contributed by atoms with Gasteiger partial charge in [0.05, 0.1) is 29.2 Å². The van der Waals surface area contributed by atoms with Crippen molar-refractivity contribution in [1.82, 2.24) is 4.90 Å². The molecule has 0 aromatic heterocycles. The van der Waals surface area contributed by atoms with Crippen molar-refractivity contribution in [3.8, 4) is 0 Å². The number of fused-ring (bicyclic) bond motifs is 1. The molecule has 3 rings (SSSR count). The summed E-state index contributed by atoms with van der Waals surface area (Å²) in [5, 5.41) is 0.516. The van der Waals surface area contributed by atoms with Crippen LogP contribution in [0.15, 0.2) is 45.4 Å². The minimum Gasteiger partial charge on any atom is -0.463 e. The van der Waals surface area contributed by atoms with Crippen molar-refractivity contribution in [2.24, 2.45) is 4.99 Å². The maximum Gasteiger partial charge on any atom is 0.338 e. The molecule has 1 fully saturated rings. The van der Waals surface area contributed by atoms with Crippen LogP contribution in [0.5, 0.6) is 0 Å². The molecule has 1 aromatic rings. The van der Waals surface area contributed by atoms with Crippen LogP contribution >= 0.6 is 23.5 Å². The van der Waals surface area contributed by atoms with Gasteiger partial charge in [0.15, 0.2) is 5.17 Å². The van der Waals surface area contributed by atoms with E-state index in [-0.39, 0.29) is 17.8 Å². The largest absolute Gasteiger partial charge is 0.463 e. The van der Waals surface area contributed by atoms with Gasteiger partial charge in [-0.25, -0.2) is 9.79 Å². The highest BCUT2D eigenvalue weighted by molar-refractivity contribution is 8.15. The summed E-state index contributed by atoms with van der Waals surface area (Å²) in [6, 6.07) is 7.48. The van der Waals surface area contributed by atoms with Crippen molar-refractivity contribution in [3.05, 3.63) is 41.1 Å². The Kier molecular flexibility index (Phi) is 5.77. The molecule has 0 N–H and O–H groups in total. The lowest BCUT2D eigenvalue weighted by Crippen LogP contribution is -2.40. The Labute approximate surface area is 162 Å². The molecule has 0 unspecified atom stereocenters. The summed E-state index contributed by atoms with van der Waals surface area (Å²) in [7, 11) is 0. The van der Waals surface area contributed by atoms with E-state index >= 15 is 0 Å². The summed E-state index contributed by atoms with van der Waals surface area (Å²) in [6.07, 6.45) is 2.74. The van der Waals surface area contributed by atoms with E-state index in [1.165, 1.54) is 11.8 Å². The van der Waals surface area contributed by atoms with Gasteiger partial charge in [-0.1, -0.05) is 30.8 Å². The summed E-state index contributed by atoms with van der Waals surface area (Å²) in [5.41, 5.74) is 1.95. The maximum atomic E-state index is 13.0. The summed E-state index contributed by atoms with van der Waals surface area (Å²) < 4.78 is 5.27. The fraction of sp³-hybridized carbons (Fsp3) is 0.421. The number of esters is 1. The lowest BCUT2D eigenvalue weighted by atomic mass is 9.94. The van der Waals surface area contributed by atoms with E-state index < -0.39 is 12.0 Å². The standard InChI is InChI=1S/C19H22N2O3S2/c1-5-14-17(22)21-16(12-7-9-13(25-4)10-8-12)15(18(23)24-6-2)11(3)20-19(21)26-14/h7-10,14,16H,5-6H2,1-4H3/t14-,16-/m1/s1. The molecular formula is C19H22N2O3S2. The number of amides is 1. The third-order valence-corrected chi connectivity index (χ3v) is 6.51. The predicted octanol–water partition coefficient (Wildman–Crippen LogP) is 4.01. The van der Waals surface area contributed by atoms with E-state index in [1.54, 1.807) is 23.6 Å².